The van der Waals surface area contributed by atoms with E-state index in [9.17, 15) is 18.0 Å². The number of nitrogens with one attached hydrogen (secondary N) is 1. The molecule has 0 unspecified atom stereocenters. The van der Waals surface area contributed by atoms with Gasteiger partial charge in [-0.15, -0.1) is 0 Å². The van der Waals surface area contributed by atoms with Crippen LogP contribution in [0.25, 0.3) is 10.9 Å². The van der Waals surface area contributed by atoms with Gasteiger partial charge in [0, 0.05) is 26.0 Å². The molecule has 0 aliphatic rings. The fourth-order valence-corrected chi connectivity index (χ4v) is 3.84. The van der Waals surface area contributed by atoms with Crippen molar-refractivity contribution in [2.24, 2.45) is 0 Å². The first-order chi connectivity index (χ1) is 14.3. The van der Waals surface area contributed by atoms with Crippen molar-refractivity contribution in [1.29, 1.82) is 0 Å². The normalized spacial score (nSPS) is 11.4. The van der Waals surface area contributed by atoms with Crippen LogP contribution in [0.15, 0.2) is 65.6 Å². The molecule has 3 rings (SSSR count). The van der Waals surface area contributed by atoms with Gasteiger partial charge in [-0.3, -0.25) is 4.79 Å². The Bertz CT molecular complexity index is 1190. The number of ether oxygens (including phenoxy) is 1. The number of fused-ring (bicyclic) bond motifs is 1. The van der Waals surface area contributed by atoms with Crippen LogP contribution in [-0.4, -0.2) is 50.3 Å². The van der Waals surface area contributed by atoms with E-state index in [1.165, 1.54) is 26.2 Å². The first-order valence-corrected chi connectivity index (χ1v) is 10.5. The Morgan fingerprint density at radius 1 is 1.00 bits per heavy atom. The summed E-state index contributed by atoms with van der Waals surface area (Å²) in [5, 5.41) is 3.45. The van der Waals surface area contributed by atoms with Crippen molar-refractivity contribution in [1.82, 2.24) is 14.6 Å². The lowest BCUT2D eigenvalue weighted by Gasteiger charge is -2.15. The lowest BCUT2D eigenvalue weighted by atomic mass is 10.2. The van der Waals surface area contributed by atoms with E-state index in [0.29, 0.717) is 11.1 Å². The summed E-state index contributed by atoms with van der Waals surface area (Å²) < 4.78 is 30.9. The molecule has 0 saturated carbocycles. The minimum Gasteiger partial charge on any atom is -0.451 e. The number of hydrogen-bond acceptors (Lipinski definition) is 6. The third-order valence-corrected chi connectivity index (χ3v) is 6.26. The number of aromatic nitrogens is 1. The van der Waals surface area contributed by atoms with Gasteiger partial charge in [-0.05, 0) is 23.8 Å². The molecule has 156 valence electrons. The number of benzene rings is 2. The molecule has 1 amide bonds. The molecule has 0 aliphatic carbocycles. The van der Waals surface area contributed by atoms with E-state index in [1.807, 2.05) is 18.2 Å². The van der Waals surface area contributed by atoms with Crippen molar-refractivity contribution in [2.45, 2.75) is 11.4 Å². The van der Waals surface area contributed by atoms with Crippen molar-refractivity contribution in [3.8, 4) is 0 Å². The maximum atomic E-state index is 12.4. The summed E-state index contributed by atoms with van der Waals surface area (Å²) in [6, 6.07) is 17.0. The van der Waals surface area contributed by atoms with Gasteiger partial charge in [-0.2, -0.15) is 0 Å². The summed E-state index contributed by atoms with van der Waals surface area (Å²) >= 11 is 0. The number of pyridine rings is 1. The first-order valence-electron chi connectivity index (χ1n) is 9.09. The van der Waals surface area contributed by atoms with Crippen molar-refractivity contribution < 1.29 is 22.7 Å². The Kier molecular flexibility index (Phi) is 6.43. The second-order valence-corrected chi connectivity index (χ2v) is 8.76. The van der Waals surface area contributed by atoms with Crippen LogP contribution >= 0.6 is 0 Å². The summed E-state index contributed by atoms with van der Waals surface area (Å²) in [4.78, 5) is 28.6. The number of nitrogens with zero attached hydrogens (tertiary/aromatic N) is 2. The Labute approximate surface area is 174 Å². The van der Waals surface area contributed by atoms with Gasteiger partial charge in [-0.25, -0.2) is 22.5 Å². The standard InChI is InChI=1S/C21H21N3O5S/c1-24(2)30(27,28)19-10-6-4-8-16(19)13-22-20(25)14-29-21(26)18-12-11-15-7-3-5-9-17(15)23-18/h3-12H,13-14H2,1-2H3,(H,22,25). The number of carbonyl (C=O) groups excluding carboxylic acids is 2. The number of esters is 1. The van der Waals surface area contributed by atoms with Gasteiger partial charge in [0.25, 0.3) is 5.91 Å². The van der Waals surface area contributed by atoms with Gasteiger partial charge >= 0.3 is 5.97 Å². The zero-order valence-corrected chi connectivity index (χ0v) is 17.3. The lowest BCUT2D eigenvalue weighted by molar-refractivity contribution is -0.124. The zero-order valence-electron chi connectivity index (χ0n) is 16.5. The maximum absolute atomic E-state index is 12.4. The van der Waals surface area contributed by atoms with E-state index in [-0.39, 0.29) is 17.1 Å². The molecule has 8 nitrogen and oxygen atoms in total. The van der Waals surface area contributed by atoms with Gasteiger partial charge in [0.05, 0.1) is 10.4 Å². The van der Waals surface area contributed by atoms with E-state index < -0.39 is 28.5 Å². The van der Waals surface area contributed by atoms with Crippen LogP contribution in [0.2, 0.25) is 0 Å². The van der Waals surface area contributed by atoms with Crippen LogP contribution in [0.4, 0.5) is 0 Å². The molecule has 9 heteroatoms. The fourth-order valence-electron chi connectivity index (χ4n) is 2.73. The second kappa shape index (κ2) is 9.02. The van der Waals surface area contributed by atoms with E-state index in [4.69, 9.17) is 4.74 Å². The van der Waals surface area contributed by atoms with Gasteiger partial charge < -0.3 is 10.1 Å². The second-order valence-electron chi connectivity index (χ2n) is 6.64. The van der Waals surface area contributed by atoms with Gasteiger partial charge in [0.1, 0.15) is 5.69 Å². The summed E-state index contributed by atoms with van der Waals surface area (Å²) in [5.41, 5.74) is 1.18. The summed E-state index contributed by atoms with van der Waals surface area (Å²) in [5.74, 6) is -1.27. The Hall–Kier alpha value is -3.30. The largest absolute Gasteiger partial charge is 0.451 e. The van der Waals surface area contributed by atoms with Gasteiger partial charge in [0.2, 0.25) is 10.0 Å². The highest BCUT2D eigenvalue weighted by Gasteiger charge is 2.21. The third-order valence-electron chi connectivity index (χ3n) is 4.35. The van der Waals surface area contributed by atoms with E-state index in [1.54, 1.807) is 30.3 Å². The highest BCUT2D eigenvalue weighted by Crippen LogP contribution is 2.18. The molecular weight excluding hydrogens is 406 g/mol. The number of amides is 1. The van der Waals surface area contributed by atoms with Gasteiger partial charge in [-0.1, -0.05) is 42.5 Å². The van der Waals surface area contributed by atoms with Crippen LogP contribution in [0, 0.1) is 0 Å². The van der Waals surface area contributed by atoms with Crippen molar-refractivity contribution >= 4 is 32.8 Å². The SMILES string of the molecule is CN(C)S(=O)(=O)c1ccccc1CNC(=O)COC(=O)c1ccc2ccccc2n1. The lowest BCUT2D eigenvalue weighted by Crippen LogP contribution is -2.30. The molecule has 0 atom stereocenters. The predicted molar refractivity (Wildman–Crippen MR) is 111 cm³/mol. The zero-order chi connectivity index (χ0) is 21.7. The third kappa shape index (κ3) is 4.81. The van der Waals surface area contributed by atoms with Crippen LogP contribution in [0.1, 0.15) is 16.1 Å². The average molecular weight is 427 g/mol. The van der Waals surface area contributed by atoms with Crippen molar-refractivity contribution in [3.05, 3.63) is 71.9 Å². The molecule has 30 heavy (non-hydrogen) atoms. The molecule has 0 bridgehead atoms. The molecule has 1 heterocycles. The van der Waals surface area contributed by atoms with Crippen LogP contribution in [0.3, 0.4) is 0 Å². The molecule has 0 spiro atoms. The van der Waals surface area contributed by atoms with Crippen LogP contribution in [-0.2, 0) is 26.1 Å². The molecule has 0 saturated heterocycles. The topological polar surface area (TPSA) is 106 Å². The molecule has 0 fully saturated rings. The van der Waals surface area contributed by atoms with E-state index >= 15 is 0 Å². The highest BCUT2D eigenvalue weighted by molar-refractivity contribution is 7.89. The predicted octanol–water partition coefficient (Wildman–Crippen LogP) is 1.96. The van der Waals surface area contributed by atoms with E-state index in [2.05, 4.69) is 10.3 Å². The fraction of sp³-hybridized carbons (Fsp3) is 0.190. The molecular formula is C21H21N3O5S. The van der Waals surface area contributed by atoms with Crippen LogP contribution < -0.4 is 5.32 Å². The minimum absolute atomic E-state index is 0.0200. The molecule has 0 radical (unpaired) electrons. The Morgan fingerprint density at radius 3 is 2.47 bits per heavy atom. The monoisotopic (exact) mass is 427 g/mol. The quantitative estimate of drug-likeness (QED) is 0.578. The van der Waals surface area contributed by atoms with Crippen molar-refractivity contribution in [2.75, 3.05) is 20.7 Å². The molecule has 1 aromatic heterocycles. The molecule has 3 aromatic rings. The number of sulfonamides is 1. The minimum atomic E-state index is -3.65. The highest BCUT2D eigenvalue weighted by atomic mass is 32.2. The number of carbonyl (C=O) groups is 2. The molecule has 0 aliphatic heterocycles. The first kappa shape index (κ1) is 21.4. The van der Waals surface area contributed by atoms with Crippen molar-refractivity contribution in [3.63, 3.8) is 0 Å². The maximum Gasteiger partial charge on any atom is 0.357 e. The van der Waals surface area contributed by atoms with Crippen LogP contribution in [0.5, 0.6) is 0 Å². The Morgan fingerprint density at radius 2 is 1.70 bits per heavy atom. The molecule has 2 aromatic carbocycles. The average Bonchev–Trinajstić information content (AvgIpc) is 2.75. The number of para-hydroxylation sites is 1. The molecule has 1 N–H and O–H groups in total. The smallest absolute Gasteiger partial charge is 0.357 e. The van der Waals surface area contributed by atoms with Gasteiger partial charge in [0.15, 0.2) is 6.61 Å². The number of rotatable bonds is 7. The number of hydrogen-bond donors (Lipinski definition) is 1. The summed E-state index contributed by atoms with van der Waals surface area (Å²) in [6.07, 6.45) is 0. The Balaban J connectivity index is 1.60. The summed E-state index contributed by atoms with van der Waals surface area (Å²) in [6.45, 7) is -0.524. The van der Waals surface area contributed by atoms with E-state index in [0.717, 1.165) is 9.69 Å². The summed E-state index contributed by atoms with van der Waals surface area (Å²) in [7, 11) is -0.776.